The molecule has 0 aromatic rings. The highest BCUT2D eigenvalue weighted by molar-refractivity contribution is 4.88. The molecule has 1 atom stereocenters. The summed E-state index contributed by atoms with van der Waals surface area (Å²) in [6, 6.07) is 0. The van der Waals surface area contributed by atoms with Gasteiger partial charge >= 0.3 is 0 Å². The molecule has 0 unspecified atom stereocenters. The molecule has 0 aromatic carbocycles. The normalized spacial score (nSPS) is 24.6. The maximum atomic E-state index is 2.44. The topological polar surface area (TPSA) is 0 Å². The molecule has 1 fully saturated rings. The summed E-state index contributed by atoms with van der Waals surface area (Å²) in [6.45, 7) is 7.17. The summed E-state index contributed by atoms with van der Waals surface area (Å²) >= 11 is 0. The Hall–Kier alpha value is 0. The van der Waals surface area contributed by atoms with Crippen LogP contribution in [0.4, 0.5) is 0 Å². The zero-order valence-corrected chi connectivity index (χ0v) is 10.4. The van der Waals surface area contributed by atoms with Crippen LogP contribution in [0, 0.1) is 11.3 Å². The van der Waals surface area contributed by atoms with Crippen molar-refractivity contribution in [3.05, 3.63) is 0 Å². The fourth-order valence-electron chi connectivity index (χ4n) is 2.63. The molecule has 1 aliphatic rings. The Bertz CT molecular complexity index is 146. The van der Waals surface area contributed by atoms with Crippen LogP contribution in [0.15, 0.2) is 0 Å². The average molecular weight is 196 g/mol. The highest BCUT2D eigenvalue weighted by Gasteiger charge is 2.37. The first kappa shape index (κ1) is 12.1. The van der Waals surface area contributed by atoms with E-state index in [-0.39, 0.29) is 0 Å². The van der Waals surface area contributed by atoms with E-state index in [2.05, 4.69) is 20.8 Å². The second kappa shape index (κ2) is 5.78. The molecule has 1 rings (SSSR count). The number of rotatable bonds is 7. The van der Waals surface area contributed by atoms with Gasteiger partial charge in [0.2, 0.25) is 0 Å². The number of unbranched alkanes of at least 4 members (excludes halogenated alkanes) is 5. The highest BCUT2D eigenvalue weighted by Crippen LogP contribution is 2.48. The minimum Gasteiger partial charge on any atom is -0.0654 e. The van der Waals surface area contributed by atoms with Crippen LogP contribution in [0.25, 0.3) is 0 Å². The molecule has 0 nitrogen and oxygen atoms in total. The maximum Gasteiger partial charge on any atom is -0.0326 e. The largest absolute Gasteiger partial charge is 0.0654 e. The predicted octanol–water partition coefficient (Wildman–Crippen LogP) is 5.17. The summed E-state index contributed by atoms with van der Waals surface area (Å²) in [6.07, 6.45) is 13.2. The standard InChI is InChI=1S/C14H28/c1-4-5-6-7-8-9-10-13-11-12-14(13,2)3/h13H,4-12H2,1-3H3/t13-/m1/s1. The van der Waals surface area contributed by atoms with Gasteiger partial charge in [0.25, 0.3) is 0 Å². The van der Waals surface area contributed by atoms with Crippen LogP contribution in [0.3, 0.4) is 0 Å². The molecule has 84 valence electrons. The van der Waals surface area contributed by atoms with Crippen molar-refractivity contribution in [3.8, 4) is 0 Å². The quantitative estimate of drug-likeness (QED) is 0.493. The molecule has 14 heavy (non-hydrogen) atoms. The molecular weight excluding hydrogens is 168 g/mol. The molecule has 0 aliphatic heterocycles. The van der Waals surface area contributed by atoms with Crippen molar-refractivity contribution in [3.63, 3.8) is 0 Å². The van der Waals surface area contributed by atoms with Gasteiger partial charge in [-0.15, -0.1) is 0 Å². The SMILES string of the molecule is CCCCCCCC[C@@H]1CCC1(C)C. The van der Waals surface area contributed by atoms with Crippen molar-refractivity contribution in [1.82, 2.24) is 0 Å². The van der Waals surface area contributed by atoms with Crippen molar-refractivity contribution in [2.75, 3.05) is 0 Å². The van der Waals surface area contributed by atoms with Crippen LogP contribution in [0.2, 0.25) is 0 Å². The van der Waals surface area contributed by atoms with Crippen molar-refractivity contribution >= 4 is 0 Å². The van der Waals surface area contributed by atoms with Gasteiger partial charge < -0.3 is 0 Å². The third-order valence-corrected chi connectivity index (χ3v) is 4.15. The van der Waals surface area contributed by atoms with Crippen molar-refractivity contribution in [1.29, 1.82) is 0 Å². The Kier molecular flexibility index (Phi) is 4.98. The van der Waals surface area contributed by atoms with Crippen LogP contribution in [0.5, 0.6) is 0 Å². The van der Waals surface area contributed by atoms with Crippen LogP contribution in [0.1, 0.15) is 78.6 Å². The van der Waals surface area contributed by atoms with Crippen LogP contribution in [-0.2, 0) is 0 Å². The lowest BCUT2D eigenvalue weighted by atomic mass is 9.61. The van der Waals surface area contributed by atoms with Gasteiger partial charge in [-0.3, -0.25) is 0 Å². The molecule has 0 heteroatoms. The van der Waals surface area contributed by atoms with Crippen LogP contribution >= 0.6 is 0 Å². The lowest BCUT2D eigenvalue weighted by molar-refractivity contribution is 0.0622. The summed E-state index contributed by atoms with van der Waals surface area (Å²) < 4.78 is 0. The monoisotopic (exact) mass is 196 g/mol. The smallest absolute Gasteiger partial charge is 0.0326 e. The van der Waals surface area contributed by atoms with Crippen molar-refractivity contribution in [2.24, 2.45) is 11.3 Å². The molecule has 0 saturated heterocycles. The van der Waals surface area contributed by atoms with Gasteiger partial charge in [0.05, 0.1) is 0 Å². The van der Waals surface area contributed by atoms with Crippen molar-refractivity contribution in [2.45, 2.75) is 78.6 Å². The summed E-state index contributed by atoms with van der Waals surface area (Å²) in [5, 5.41) is 0. The maximum absolute atomic E-state index is 2.44. The van der Waals surface area contributed by atoms with Crippen LogP contribution in [-0.4, -0.2) is 0 Å². The van der Waals surface area contributed by atoms with Gasteiger partial charge in [-0.1, -0.05) is 59.3 Å². The van der Waals surface area contributed by atoms with Gasteiger partial charge in [0.15, 0.2) is 0 Å². The number of hydrogen-bond acceptors (Lipinski definition) is 0. The Morgan fingerprint density at radius 2 is 1.64 bits per heavy atom. The van der Waals surface area contributed by atoms with Gasteiger partial charge in [-0.2, -0.15) is 0 Å². The highest BCUT2D eigenvalue weighted by atomic mass is 14.4. The molecule has 0 aromatic heterocycles. The van der Waals surface area contributed by atoms with E-state index in [1.54, 1.807) is 0 Å². The molecule has 0 heterocycles. The molecule has 0 bridgehead atoms. The fraction of sp³-hybridized carbons (Fsp3) is 1.00. The summed E-state index contributed by atoms with van der Waals surface area (Å²) in [5.41, 5.74) is 0.684. The molecular formula is C14H28. The van der Waals surface area contributed by atoms with E-state index < -0.39 is 0 Å². The molecule has 1 aliphatic carbocycles. The molecule has 0 amide bonds. The molecule has 1 saturated carbocycles. The van der Waals surface area contributed by atoms with Gasteiger partial charge in [0, 0.05) is 0 Å². The first-order valence-corrected chi connectivity index (χ1v) is 6.67. The Labute approximate surface area is 90.5 Å². The van der Waals surface area contributed by atoms with E-state index in [1.807, 2.05) is 0 Å². The summed E-state index contributed by atoms with van der Waals surface area (Å²) in [4.78, 5) is 0. The third-order valence-electron chi connectivity index (χ3n) is 4.15. The zero-order chi connectivity index (χ0) is 10.4. The Morgan fingerprint density at radius 1 is 1.00 bits per heavy atom. The van der Waals surface area contributed by atoms with Gasteiger partial charge in [-0.25, -0.2) is 0 Å². The lowest BCUT2D eigenvalue weighted by Crippen LogP contribution is -2.34. The first-order chi connectivity index (χ1) is 6.67. The van der Waals surface area contributed by atoms with E-state index in [9.17, 15) is 0 Å². The third kappa shape index (κ3) is 3.63. The van der Waals surface area contributed by atoms with Crippen LogP contribution < -0.4 is 0 Å². The van der Waals surface area contributed by atoms with E-state index in [4.69, 9.17) is 0 Å². The van der Waals surface area contributed by atoms with E-state index in [0.717, 1.165) is 5.92 Å². The minimum absolute atomic E-state index is 0.684. The minimum atomic E-state index is 0.684. The Balaban J connectivity index is 1.89. The Morgan fingerprint density at radius 3 is 2.14 bits per heavy atom. The second-order valence-corrected chi connectivity index (χ2v) is 5.78. The van der Waals surface area contributed by atoms with Gasteiger partial charge in [0.1, 0.15) is 0 Å². The van der Waals surface area contributed by atoms with E-state index >= 15 is 0 Å². The molecule has 0 spiro atoms. The fourth-order valence-corrected chi connectivity index (χ4v) is 2.63. The average Bonchev–Trinajstić information content (AvgIpc) is 2.15. The number of hydrogen-bond donors (Lipinski definition) is 0. The van der Waals surface area contributed by atoms with Crippen molar-refractivity contribution < 1.29 is 0 Å². The van der Waals surface area contributed by atoms with Gasteiger partial charge in [-0.05, 0) is 30.6 Å². The molecule has 0 N–H and O–H groups in total. The summed E-state index contributed by atoms with van der Waals surface area (Å²) in [7, 11) is 0. The first-order valence-electron chi connectivity index (χ1n) is 6.67. The second-order valence-electron chi connectivity index (χ2n) is 5.78. The predicted molar refractivity (Wildman–Crippen MR) is 64.5 cm³/mol. The molecule has 0 radical (unpaired) electrons. The lowest BCUT2D eigenvalue weighted by Gasteiger charge is -2.45. The zero-order valence-electron chi connectivity index (χ0n) is 10.4. The van der Waals surface area contributed by atoms with E-state index in [0.29, 0.717) is 5.41 Å². The van der Waals surface area contributed by atoms with E-state index in [1.165, 1.54) is 57.8 Å². The summed E-state index contributed by atoms with van der Waals surface area (Å²) in [5.74, 6) is 1.05.